The Morgan fingerprint density at radius 1 is 0.905 bits per heavy atom. The maximum absolute atomic E-state index is 5.63. The van der Waals surface area contributed by atoms with Gasteiger partial charge in [0.15, 0.2) is 12.4 Å². The number of aromatic nitrogens is 1. The minimum Gasteiger partial charge on any atom is -0.376 e. The number of hydrogen-bond acceptors (Lipinski definition) is 1. The van der Waals surface area contributed by atoms with E-state index in [1.165, 1.54) is 38.5 Å². The molecule has 1 aromatic rings. The van der Waals surface area contributed by atoms with Crippen molar-refractivity contribution in [1.29, 1.82) is 0 Å². The molecule has 0 fully saturated rings. The average molecular weight is 284 g/mol. The first-order valence-electron chi connectivity index (χ1n) is 8.09. The lowest BCUT2D eigenvalue weighted by Crippen LogP contribution is -2.32. The van der Waals surface area contributed by atoms with Crippen LogP contribution in [0.4, 0.5) is 0 Å². The minimum atomic E-state index is 0.710. The van der Waals surface area contributed by atoms with Crippen LogP contribution in [0.15, 0.2) is 60.1 Å². The van der Waals surface area contributed by atoms with Gasteiger partial charge in [0.25, 0.3) is 0 Å². The monoisotopic (exact) mass is 284 g/mol. The molecule has 2 nitrogen and oxygen atoms in total. The highest BCUT2D eigenvalue weighted by atomic mass is 16.5. The molecule has 0 atom stereocenters. The maximum atomic E-state index is 5.63. The molecule has 1 aromatic heterocycles. The van der Waals surface area contributed by atoms with Gasteiger partial charge in [-0.2, -0.15) is 0 Å². The average Bonchev–Trinajstić information content (AvgIpc) is 3.03. The summed E-state index contributed by atoms with van der Waals surface area (Å²) in [5.74, 6) is 0. The summed E-state index contributed by atoms with van der Waals surface area (Å²) in [5, 5.41) is 0. The van der Waals surface area contributed by atoms with Gasteiger partial charge in [-0.05, 0) is 25.0 Å². The molecule has 0 spiro atoms. The number of nitrogens with zero attached hydrogens (tertiary/aromatic N) is 1. The van der Waals surface area contributed by atoms with Crippen LogP contribution in [0.2, 0.25) is 0 Å². The van der Waals surface area contributed by atoms with Crippen LogP contribution in [0.1, 0.15) is 38.5 Å². The molecule has 0 saturated carbocycles. The number of aryl methyl sites for hydroxylation is 1. The van der Waals surface area contributed by atoms with Crippen molar-refractivity contribution >= 4 is 0 Å². The van der Waals surface area contributed by atoms with Crippen molar-refractivity contribution in [3.8, 4) is 0 Å². The number of ether oxygens (including phenoxy) is 1. The number of pyridine rings is 1. The van der Waals surface area contributed by atoms with Crippen molar-refractivity contribution in [3.63, 3.8) is 0 Å². The second-order valence-electron chi connectivity index (χ2n) is 5.48. The Morgan fingerprint density at radius 2 is 1.67 bits per heavy atom. The van der Waals surface area contributed by atoms with Crippen LogP contribution in [0.5, 0.6) is 0 Å². The van der Waals surface area contributed by atoms with Crippen LogP contribution in [-0.2, 0) is 11.3 Å². The Kier molecular flexibility index (Phi) is 7.61. The fourth-order valence-corrected chi connectivity index (χ4v) is 2.43. The lowest BCUT2D eigenvalue weighted by atomic mass is 10.1. The Bertz CT molecular complexity index is 484. The Labute approximate surface area is 128 Å². The van der Waals surface area contributed by atoms with Gasteiger partial charge in [0.05, 0.1) is 6.61 Å². The quantitative estimate of drug-likeness (QED) is 0.340. The summed E-state index contributed by atoms with van der Waals surface area (Å²) >= 11 is 0. The topological polar surface area (TPSA) is 13.1 Å². The van der Waals surface area contributed by atoms with Gasteiger partial charge in [-0.15, -0.1) is 5.73 Å². The Morgan fingerprint density at radius 3 is 2.43 bits per heavy atom. The summed E-state index contributed by atoms with van der Waals surface area (Å²) in [4.78, 5) is 0. The van der Waals surface area contributed by atoms with E-state index in [0.29, 0.717) is 6.61 Å². The minimum absolute atomic E-state index is 0.710. The summed E-state index contributed by atoms with van der Waals surface area (Å²) in [7, 11) is 0. The van der Waals surface area contributed by atoms with E-state index in [0.717, 1.165) is 18.7 Å². The zero-order chi connectivity index (χ0) is 14.6. The van der Waals surface area contributed by atoms with Crippen LogP contribution in [0, 0.1) is 0 Å². The van der Waals surface area contributed by atoms with Crippen LogP contribution in [0.3, 0.4) is 0 Å². The molecule has 2 rings (SSSR count). The van der Waals surface area contributed by atoms with Crippen molar-refractivity contribution in [1.82, 2.24) is 0 Å². The highest BCUT2D eigenvalue weighted by Gasteiger charge is 1.98. The molecular formula is C19H26NO+. The molecule has 0 saturated heterocycles. The van der Waals surface area contributed by atoms with Crippen molar-refractivity contribution < 1.29 is 9.30 Å². The molecule has 0 N–H and O–H groups in total. The lowest BCUT2D eigenvalue weighted by molar-refractivity contribution is -0.697. The van der Waals surface area contributed by atoms with Crippen molar-refractivity contribution in [2.24, 2.45) is 0 Å². The standard InChI is InChI=1S/C19H26NO/c1(3-8-14-20-15-9-5-10-16-20)2-4-11-17-21-18-19-12-6-7-13-19/h5-7,9-10,12,15-16H,1-4,8,11,14,17-18H2/q+1. The fraction of sp³-hybridized carbons (Fsp3) is 0.474. The van der Waals surface area contributed by atoms with E-state index in [1.807, 2.05) is 12.2 Å². The molecule has 0 aliphatic heterocycles. The second kappa shape index (κ2) is 10.1. The number of unbranched alkanes of at least 4 members (excludes halogenated alkanes) is 5. The molecule has 21 heavy (non-hydrogen) atoms. The Hall–Kier alpha value is -1.63. The van der Waals surface area contributed by atoms with E-state index in [9.17, 15) is 0 Å². The lowest BCUT2D eigenvalue weighted by Gasteiger charge is -2.03. The molecule has 2 heteroatoms. The molecule has 0 unspecified atom stereocenters. The molecule has 0 radical (unpaired) electrons. The molecule has 0 bridgehead atoms. The van der Waals surface area contributed by atoms with Gasteiger partial charge in [0, 0.05) is 30.7 Å². The molecule has 0 aromatic carbocycles. The third kappa shape index (κ3) is 7.08. The van der Waals surface area contributed by atoms with Gasteiger partial charge in [-0.1, -0.05) is 31.4 Å². The largest absolute Gasteiger partial charge is 0.376 e. The second-order valence-corrected chi connectivity index (χ2v) is 5.48. The first kappa shape index (κ1) is 15.8. The molecule has 112 valence electrons. The highest BCUT2D eigenvalue weighted by molar-refractivity contribution is 5.29. The molecule has 1 aliphatic rings. The normalized spacial score (nSPS) is 12.9. The highest BCUT2D eigenvalue weighted by Crippen LogP contribution is 2.07. The van der Waals surface area contributed by atoms with Crippen LogP contribution in [0.25, 0.3) is 0 Å². The smallest absolute Gasteiger partial charge is 0.168 e. The number of hydrogen-bond donors (Lipinski definition) is 0. The maximum Gasteiger partial charge on any atom is 0.168 e. The van der Waals surface area contributed by atoms with Gasteiger partial charge in [0.1, 0.15) is 6.54 Å². The zero-order valence-electron chi connectivity index (χ0n) is 12.8. The van der Waals surface area contributed by atoms with Gasteiger partial charge < -0.3 is 4.74 Å². The third-order valence-corrected chi connectivity index (χ3v) is 3.65. The van der Waals surface area contributed by atoms with E-state index in [4.69, 9.17) is 4.74 Å². The van der Waals surface area contributed by atoms with E-state index >= 15 is 0 Å². The van der Waals surface area contributed by atoms with E-state index in [1.54, 1.807) is 0 Å². The number of rotatable bonds is 11. The summed E-state index contributed by atoms with van der Waals surface area (Å²) in [6.45, 7) is 2.72. The van der Waals surface area contributed by atoms with Crippen molar-refractivity contribution in [2.45, 2.75) is 45.1 Å². The third-order valence-electron chi connectivity index (χ3n) is 3.65. The van der Waals surface area contributed by atoms with E-state index in [-0.39, 0.29) is 0 Å². The molecular weight excluding hydrogens is 258 g/mol. The molecule has 1 heterocycles. The SMILES string of the molecule is C1=CC=CC=1COCCCCCCCC[n+]1ccccc1. The van der Waals surface area contributed by atoms with Crippen LogP contribution < -0.4 is 4.57 Å². The predicted molar refractivity (Wildman–Crippen MR) is 85.9 cm³/mol. The predicted octanol–water partition coefficient (Wildman–Crippen LogP) is 3.98. The van der Waals surface area contributed by atoms with Gasteiger partial charge >= 0.3 is 0 Å². The van der Waals surface area contributed by atoms with Crippen molar-refractivity contribution in [2.75, 3.05) is 13.2 Å². The fourth-order valence-electron chi connectivity index (χ4n) is 2.43. The van der Waals surface area contributed by atoms with Crippen LogP contribution >= 0.6 is 0 Å². The summed E-state index contributed by atoms with van der Waals surface area (Å²) in [6, 6.07) is 6.24. The molecule has 1 aliphatic carbocycles. The summed E-state index contributed by atoms with van der Waals surface area (Å²) in [5.41, 5.74) is 4.31. The van der Waals surface area contributed by atoms with E-state index in [2.05, 4.69) is 47.0 Å². The van der Waals surface area contributed by atoms with Gasteiger partial charge in [-0.25, -0.2) is 4.57 Å². The Balaban J connectivity index is 1.35. The van der Waals surface area contributed by atoms with Gasteiger partial charge in [-0.3, -0.25) is 0 Å². The van der Waals surface area contributed by atoms with Gasteiger partial charge in [0.2, 0.25) is 0 Å². The van der Waals surface area contributed by atoms with E-state index < -0.39 is 0 Å². The number of allylic oxidation sites excluding steroid dienone is 1. The zero-order valence-corrected chi connectivity index (χ0v) is 12.8. The molecule has 0 amide bonds. The van der Waals surface area contributed by atoms with Crippen molar-refractivity contribution in [3.05, 3.63) is 60.1 Å². The van der Waals surface area contributed by atoms with Crippen LogP contribution in [-0.4, -0.2) is 13.2 Å². The summed E-state index contributed by atoms with van der Waals surface area (Å²) in [6.07, 6.45) is 18.0. The first-order chi connectivity index (χ1) is 10.4. The summed E-state index contributed by atoms with van der Waals surface area (Å²) < 4.78 is 7.89. The first-order valence-corrected chi connectivity index (χ1v) is 8.09.